The molecule has 0 aliphatic carbocycles. The van der Waals surface area contributed by atoms with Gasteiger partial charge in [0.05, 0.1) is 23.3 Å². The highest BCUT2D eigenvalue weighted by molar-refractivity contribution is 7.99. The molecule has 1 heterocycles. The van der Waals surface area contributed by atoms with Crippen molar-refractivity contribution >= 4 is 28.6 Å². The summed E-state index contributed by atoms with van der Waals surface area (Å²) in [5, 5.41) is 1.11. The fourth-order valence-corrected chi connectivity index (χ4v) is 4.29. The zero-order valence-electron chi connectivity index (χ0n) is 18.1. The summed E-state index contributed by atoms with van der Waals surface area (Å²) in [6.07, 6.45) is 1.65. The van der Waals surface area contributed by atoms with Gasteiger partial charge in [-0.05, 0) is 36.1 Å². The fraction of sp³-hybridized carbons (Fsp3) is 0.192. The van der Waals surface area contributed by atoms with Crippen LogP contribution < -0.4 is 11.0 Å². The molecule has 4 rings (SSSR count). The number of aromatic nitrogens is 2. The van der Waals surface area contributed by atoms with Crippen LogP contribution in [0.25, 0.3) is 10.9 Å². The molecule has 1 amide bonds. The van der Waals surface area contributed by atoms with E-state index in [1.165, 1.54) is 17.3 Å². The van der Waals surface area contributed by atoms with Gasteiger partial charge in [-0.25, -0.2) is 10.5 Å². The lowest BCUT2D eigenvalue weighted by Crippen LogP contribution is -2.27. The minimum absolute atomic E-state index is 0.0862. The number of hydroxylamine groups is 1. The molecule has 6 nitrogen and oxygen atoms in total. The molecule has 0 fully saturated rings. The molecule has 168 valence electrons. The standard InChI is InChI=1S/C26H25N3O3S/c30-24(28-32-18-21-12-5-2-6-13-21)19-33-26-27-23-16-8-7-15-22(23)25(31)29(26)17-9-14-20-10-3-1-4-11-20/h1-8,10-13,15-16H,9,14,17-19H2,(H,28,30). The van der Waals surface area contributed by atoms with Gasteiger partial charge in [0.1, 0.15) is 0 Å². The van der Waals surface area contributed by atoms with Gasteiger partial charge in [0.25, 0.3) is 11.5 Å². The Labute approximate surface area is 196 Å². The number of amides is 1. The van der Waals surface area contributed by atoms with Gasteiger partial charge in [-0.2, -0.15) is 0 Å². The van der Waals surface area contributed by atoms with Gasteiger partial charge in [0.15, 0.2) is 5.16 Å². The average Bonchev–Trinajstić information content (AvgIpc) is 2.85. The molecule has 3 aromatic carbocycles. The summed E-state index contributed by atoms with van der Waals surface area (Å²) in [4.78, 5) is 35.4. The lowest BCUT2D eigenvalue weighted by Gasteiger charge is -2.13. The second-order valence-electron chi connectivity index (χ2n) is 7.55. The largest absolute Gasteiger partial charge is 0.287 e. The molecule has 4 aromatic rings. The third-order valence-corrected chi connectivity index (χ3v) is 6.09. The molecule has 1 aromatic heterocycles. The Morgan fingerprint density at radius 3 is 2.33 bits per heavy atom. The summed E-state index contributed by atoms with van der Waals surface area (Å²) < 4.78 is 1.67. The van der Waals surface area contributed by atoms with E-state index < -0.39 is 0 Å². The number of hydrogen-bond donors (Lipinski definition) is 1. The Morgan fingerprint density at radius 2 is 1.58 bits per heavy atom. The number of nitrogens with zero attached hydrogens (tertiary/aromatic N) is 2. The molecule has 0 saturated carbocycles. The topological polar surface area (TPSA) is 73.2 Å². The van der Waals surface area contributed by atoms with Crippen LogP contribution in [-0.2, 0) is 29.2 Å². The third kappa shape index (κ3) is 6.31. The molecule has 0 bridgehead atoms. The van der Waals surface area contributed by atoms with E-state index in [2.05, 4.69) is 22.6 Å². The highest BCUT2D eigenvalue weighted by Gasteiger charge is 2.13. The number of para-hydroxylation sites is 1. The Bertz CT molecular complexity index is 1260. The molecule has 7 heteroatoms. The first kappa shape index (κ1) is 22.8. The summed E-state index contributed by atoms with van der Waals surface area (Å²) in [6, 6.07) is 27.1. The van der Waals surface area contributed by atoms with Gasteiger partial charge in [-0.3, -0.25) is 19.0 Å². The van der Waals surface area contributed by atoms with Gasteiger partial charge in [-0.1, -0.05) is 84.6 Å². The van der Waals surface area contributed by atoms with Gasteiger partial charge in [-0.15, -0.1) is 0 Å². The maximum Gasteiger partial charge on any atom is 0.262 e. The zero-order valence-corrected chi connectivity index (χ0v) is 19.0. The summed E-state index contributed by atoms with van der Waals surface area (Å²) in [5.74, 6) is -0.188. The van der Waals surface area contributed by atoms with Crippen LogP contribution in [-0.4, -0.2) is 21.2 Å². The molecule has 33 heavy (non-hydrogen) atoms. The molecule has 0 radical (unpaired) electrons. The van der Waals surface area contributed by atoms with Crippen molar-refractivity contribution in [1.82, 2.24) is 15.0 Å². The Kier molecular flexibility index (Phi) is 7.90. The highest BCUT2D eigenvalue weighted by Crippen LogP contribution is 2.18. The minimum Gasteiger partial charge on any atom is -0.287 e. The number of hydrogen-bond acceptors (Lipinski definition) is 5. The molecule has 0 atom stereocenters. The normalized spacial score (nSPS) is 10.9. The van der Waals surface area contributed by atoms with Crippen molar-refractivity contribution in [2.24, 2.45) is 0 Å². The highest BCUT2D eigenvalue weighted by atomic mass is 32.2. The number of benzene rings is 3. The molecule has 0 aliphatic rings. The van der Waals surface area contributed by atoms with E-state index in [9.17, 15) is 9.59 Å². The van der Waals surface area contributed by atoms with E-state index in [-0.39, 0.29) is 23.8 Å². The number of rotatable bonds is 10. The van der Waals surface area contributed by atoms with Crippen LogP contribution in [0.1, 0.15) is 17.5 Å². The van der Waals surface area contributed by atoms with Crippen LogP contribution >= 0.6 is 11.8 Å². The second-order valence-corrected chi connectivity index (χ2v) is 8.49. The van der Waals surface area contributed by atoms with E-state index in [1.54, 1.807) is 10.6 Å². The predicted octanol–water partition coefficient (Wildman–Crippen LogP) is 4.37. The lowest BCUT2D eigenvalue weighted by atomic mass is 10.1. The number of fused-ring (bicyclic) bond motifs is 1. The smallest absolute Gasteiger partial charge is 0.262 e. The zero-order chi connectivity index (χ0) is 22.9. The SMILES string of the molecule is O=C(CSc1nc2ccccc2c(=O)n1CCCc1ccccc1)NOCc1ccccc1. The Morgan fingerprint density at radius 1 is 0.909 bits per heavy atom. The van der Waals surface area contributed by atoms with Crippen molar-refractivity contribution in [3.05, 3.63) is 106 Å². The maximum absolute atomic E-state index is 13.1. The molecule has 0 unspecified atom stereocenters. The molecular weight excluding hydrogens is 434 g/mol. The van der Waals surface area contributed by atoms with Crippen molar-refractivity contribution < 1.29 is 9.63 Å². The molecule has 0 aliphatic heterocycles. The Hall–Kier alpha value is -3.42. The van der Waals surface area contributed by atoms with E-state index in [0.717, 1.165) is 18.4 Å². The van der Waals surface area contributed by atoms with Crippen LogP contribution in [0.15, 0.2) is 94.9 Å². The van der Waals surface area contributed by atoms with Gasteiger partial charge < -0.3 is 0 Å². The van der Waals surface area contributed by atoms with Crippen molar-refractivity contribution in [3.63, 3.8) is 0 Å². The summed E-state index contributed by atoms with van der Waals surface area (Å²) in [7, 11) is 0. The molecule has 1 N–H and O–H groups in total. The molecule has 0 saturated heterocycles. The summed E-state index contributed by atoms with van der Waals surface area (Å²) in [5.41, 5.74) is 5.20. The van der Waals surface area contributed by atoms with Crippen molar-refractivity contribution in [2.45, 2.75) is 31.1 Å². The monoisotopic (exact) mass is 459 g/mol. The van der Waals surface area contributed by atoms with Crippen molar-refractivity contribution in [1.29, 1.82) is 0 Å². The fourth-order valence-electron chi connectivity index (χ4n) is 3.47. The quantitative estimate of drug-likeness (QED) is 0.217. The van der Waals surface area contributed by atoms with E-state index in [1.807, 2.05) is 66.7 Å². The van der Waals surface area contributed by atoms with E-state index >= 15 is 0 Å². The minimum atomic E-state index is -0.283. The first-order valence-corrected chi connectivity index (χ1v) is 11.8. The van der Waals surface area contributed by atoms with Crippen LogP contribution in [0, 0.1) is 0 Å². The van der Waals surface area contributed by atoms with Gasteiger partial charge in [0.2, 0.25) is 0 Å². The van der Waals surface area contributed by atoms with E-state index in [4.69, 9.17) is 4.84 Å². The lowest BCUT2D eigenvalue weighted by molar-refractivity contribution is -0.131. The Balaban J connectivity index is 1.41. The first-order chi connectivity index (χ1) is 16.2. The second kappa shape index (κ2) is 11.4. The van der Waals surface area contributed by atoms with Gasteiger partial charge in [0, 0.05) is 6.54 Å². The first-order valence-electron chi connectivity index (χ1n) is 10.8. The molecule has 0 spiro atoms. The number of thioether (sulfide) groups is 1. The predicted molar refractivity (Wildman–Crippen MR) is 131 cm³/mol. The third-order valence-electron chi connectivity index (χ3n) is 5.12. The number of nitrogens with one attached hydrogen (secondary N) is 1. The summed E-state index contributed by atoms with van der Waals surface area (Å²) >= 11 is 1.24. The van der Waals surface area contributed by atoms with Crippen LogP contribution in [0.2, 0.25) is 0 Å². The van der Waals surface area contributed by atoms with Crippen molar-refractivity contribution in [2.75, 3.05) is 5.75 Å². The maximum atomic E-state index is 13.1. The van der Waals surface area contributed by atoms with Crippen LogP contribution in [0.5, 0.6) is 0 Å². The number of aryl methyl sites for hydroxylation is 1. The number of carbonyl (C=O) groups is 1. The number of carbonyl (C=O) groups excluding carboxylic acids is 1. The van der Waals surface area contributed by atoms with Crippen molar-refractivity contribution in [3.8, 4) is 0 Å². The van der Waals surface area contributed by atoms with E-state index in [0.29, 0.717) is 22.6 Å². The van der Waals surface area contributed by atoms with Crippen LogP contribution in [0.3, 0.4) is 0 Å². The average molecular weight is 460 g/mol. The van der Waals surface area contributed by atoms with Crippen LogP contribution in [0.4, 0.5) is 0 Å². The summed E-state index contributed by atoms with van der Waals surface area (Å²) in [6.45, 7) is 0.815. The molecular formula is C26H25N3O3S. The van der Waals surface area contributed by atoms with Gasteiger partial charge >= 0.3 is 0 Å².